The number of hydrogen-bond acceptors (Lipinski definition) is 3. The van der Waals surface area contributed by atoms with Gasteiger partial charge in [-0.25, -0.2) is 0 Å². The Morgan fingerprint density at radius 3 is 2.04 bits per heavy atom. The molecular weight excluding hydrogens is 350 g/mol. The molecule has 0 bridgehead atoms. The quantitative estimate of drug-likeness (QED) is 0.839. The van der Waals surface area contributed by atoms with Crippen molar-refractivity contribution >= 4 is 17.5 Å². The van der Waals surface area contributed by atoms with Crippen LogP contribution < -0.4 is 5.32 Å². The molecule has 1 aliphatic heterocycles. The van der Waals surface area contributed by atoms with Crippen LogP contribution in [0.5, 0.6) is 0 Å². The SMILES string of the molecule is Cc1ccc(CCC(=O)N2CCN(CC(=O)Nc3ccc(C)cc3)CC2)cc1. The summed E-state index contributed by atoms with van der Waals surface area (Å²) in [5, 5.41) is 2.93. The molecule has 1 saturated heterocycles. The van der Waals surface area contributed by atoms with Crippen LogP contribution in [0.3, 0.4) is 0 Å². The highest BCUT2D eigenvalue weighted by atomic mass is 16.2. The van der Waals surface area contributed by atoms with Gasteiger partial charge in [-0.1, -0.05) is 47.5 Å². The minimum absolute atomic E-state index is 0.0111. The van der Waals surface area contributed by atoms with Crippen molar-refractivity contribution in [3.63, 3.8) is 0 Å². The van der Waals surface area contributed by atoms with Crippen molar-refractivity contribution < 1.29 is 9.59 Å². The van der Waals surface area contributed by atoms with Crippen molar-refractivity contribution in [2.45, 2.75) is 26.7 Å². The van der Waals surface area contributed by atoms with Gasteiger partial charge in [0, 0.05) is 38.3 Å². The zero-order valence-corrected chi connectivity index (χ0v) is 16.8. The van der Waals surface area contributed by atoms with Crippen LogP contribution in [-0.2, 0) is 16.0 Å². The fourth-order valence-corrected chi connectivity index (χ4v) is 3.36. The van der Waals surface area contributed by atoms with Crippen LogP contribution in [0.4, 0.5) is 5.69 Å². The van der Waals surface area contributed by atoms with Gasteiger partial charge in [-0.3, -0.25) is 14.5 Å². The standard InChI is InChI=1S/C23H29N3O2/c1-18-3-7-20(8-4-18)9-12-23(28)26-15-13-25(14-16-26)17-22(27)24-21-10-5-19(2)6-11-21/h3-8,10-11H,9,12-17H2,1-2H3,(H,24,27). The molecule has 1 aliphatic rings. The lowest BCUT2D eigenvalue weighted by Crippen LogP contribution is -2.50. The topological polar surface area (TPSA) is 52.7 Å². The Morgan fingerprint density at radius 1 is 0.857 bits per heavy atom. The van der Waals surface area contributed by atoms with Crippen LogP contribution in [0.25, 0.3) is 0 Å². The summed E-state index contributed by atoms with van der Waals surface area (Å²) < 4.78 is 0. The van der Waals surface area contributed by atoms with Gasteiger partial charge in [-0.05, 0) is 38.0 Å². The summed E-state index contributed by atoms with van der Waals surface area (Å²) in [6.45, 7) is 7.28. The van der Waals surface area contributed by atoms with Gasteiger partial charge >= 0.3 is 0 Å². The first kappa shape index (κ1) is 20.1. The monoisotopic (exact) mass is 379 g/mol. The average Bonchev–Trinajstić information content (AvgIpc) is 2.69. The smallest absolute Gasteiger partial charge is 0.238 e. The minimum atomic E-state index is -0.0111. The highest BCUT2D eigenvalue weighted by Gasteiger charge is 2.22. The number of nitrogens with one attached hydrogen (secondary N) is 1. The molecule has 0 aromatic heterocycles. The number of piperazine rings is 1. The lowest BCUT2D eigenvalue weighted by molar-refractivity contribution is -0.133. The van der Waals surface area contributed by atoms with Gasteiger partial charge in [0.15, 0.2) is 0 Å². The number of aryl methyl sites for hydroxylation is 3. The first-order chi connectivity index (χ1) is 13.5. The Morgan fingerprint density at radius 2 is 1.43 bits per heavy atom. The van der Waals surface area contributed by atoms with Gasteiger partial charge in [0.25, 0.3) is 0 Å². The van der Waals surface area contributed by atoms with Crippen molar-refractivity contribution in [3.8, 4) is 0 Å². The van der Waals surface area contributed by atoms with E-state index >= 15 is 0 Å². The molecule has 3 rings (SSSR count). The molecule has 0 radical (unpaired) electrons. The first-order valence-corrected chi connectivity index (χ1v) is 9.92. The molecule has 2 aromatic carbocycles. The summed E-state index contributed by atoms with van der Waals surface area (Å²) in [6.07, 6.45) is 1.31. The summed E-state index contributed by atoms with van der Waals surface area (Å²) in [6, 6.07) is 16.1. The summed E-state index contributed by atoms with van der Waals surface area (Å²) in [7, 11) is 0. The third-order valence-corrected chi connectivity index (χ3v) is 5.18. The van der Waals surface area contributed by atoms with E-state index in [1.54, 1.807) is 0 Å². The summed E-state index contributed by atoms with van der Waals surface area (Å²) in [5.41, 5.74) is 4.42. The molecule has 1 heterocycles. The van der Waals surface area contributed by atoms with Crippen LogP contribution in [0, 0.1) is 13.8 Å². The maximum Gasteiger partial charge on any atom is 0.238 e. The number of hydrogen-bond donors (Lipinski definition) is 1. The second kappa shape index (κ2) is 9.51. The van der Waals surface area contributed by atoms with E-state index in [1.807, 2.05) is 36.1 Å². The molecule has 0 aliphatic carbocycles. The molecule has 0 unspecified atom stereocenters. The number of carbonyl (C=O) groups excluding carboxylic acids is 2. The maximum absolute atomic E-state index is 12.5. The zero-order valence-electron chi connectivity index (χ0n) is 16.8. The van der Waals surface area contributed by atoms with Gasteiger partial charge in [0.2, 0.25) is 11.8 Å². The van der Waals surface area contributed by atoms with Crippen LogP contribution >= 0.6 is 0 Å². The molecule has 1 fully saturated rings. The number of rotatable bonds is 6. The van der Waals surface area contributed by atoms with Gasteiger partial charge in [-0.2, -0.15) is 0 Å². The van der Waals surface area contributed by atoms with Crippen molar-refractivity contribution in [2.24, 2.45) is 0 Å². The molecule has 5 nitrogen and oxygen atoms in total. The van der Waals surface area contributed by atoms with Crippen LogP contribution in [-0.4, -0.2) is 54.3 Å². The van der Waals surface area contributed by atoms with Gasteiger partial charge in [0.1, 0.15) is 0 Å². The van der Waals surface area contributed by atoms with Crippen LogP contribution in [0.1, 0.15) is 23.1 Å². The van der Waals surface area contributed by atoms with Gasteiger partial charge < -0.3 is 10.2 Å². The second-order valence-electron chi connectivity index (χ2n) is 7.56. The average molecular weight is 380 g/mol. The third kappa shape index (κ3) is 5.92. The lowest BCUT2D eigenvalue weighted by atomic mass is 10.1. The molecule has 148 valence electrons. The summed E-state index contributed by atoms with van der Waals surface area (Å²) in [4.78, 5) is 28.7. The van der Waals surface area contributed by atoms with E-state index in [0.29, 0.717) is 26.1 Å². The van der Waals surface area contributed by atoms with E-state index in [2.05, 4.69) is 41.4 Å². The normalized spacial score (nSPS) is 14.7. The van der Waals surface area contributed by atoms with E-state index in [1.165, 1.54) is 16.7 Å². The third-order valence-electron chi connectivity index (χ3n) is 5.18. The first-order valence-electron chi connectivity index (χ1n) is 9.92. The lowest BCUT2D eigenvalue weighted by Gasteiger charge is -2.34. The highest BCUT2D eigenvalue weighted by molar-refractivity contribution is 5.92. The predicted octanol–water partition coefficient (Wildman–Crippen LogP) is 3.02. The zero-order chi connectivity index (χ0) is 19.9. The minimum Gasteiger partial charge on any atom is -0.340 e. The number of nitrogens with zero attached hydrogens (tertiary/aromatic N) is 2. The predicted molar refractivity (Wildman–Crippen MR) is 112 cm³/mol. The van der Waals surface area contributed by atoms with E-state index < -0.39 is 0 Å². The fourth-order valence-electron chi connectivity index (χ4n) is 3.36. The Hall–Kier alpha value is -2.66. The van der Waals surface area contributed by atoms with Crippen molar-refractivity contribution in [1.82, 2.24) is 9.80 Å². The number of amides is 2. The molecule has 5 heteroatoms. The summed E-state index contributed by atoms with van der Waals surface area (Å²) >= 11 is 0. The molecule has 28 heavy (non-hydrogen) atoms. The van der Waals surface area contributed by atoms with Gasteiger partial charge in [0.05, 0.1) is 6.54 Å². The molecule has 0 atom stereocenters. The van der Waals surface area contributed by atoms with Gasteiger partial charge in [-0.15, -0.1) is 0 Å². The number of carbonyl (C=O) groups is 2. The van der Waals surface area contributed by atoms with E-state index in [4.69, 9.17) is 0 Å². The van der Waals surface area contributed by atoms with Crippen molar-refractivity contribution in [2.75, 3.05) is 38.0 Å². The Balaban J connectivity index is 1.38. The maximum atomic E-state index is 12.5. The molecule has 1 N–H and O–H groups in total. The van der Waals surface area contributed by atoms with E-state index in [-0.39, 0.29) is 11.8 Å². The molecule has 2 amide bonds. The Labute approximate surface area is 167 Å². The largest absolute Gasteiger partial charge is 0.340 e. The highest BCUT2D eigenvalue weighted by Crippen LogP contribution is 2.11. The van der Waals surface area contributed by atoms with E-state index in [0.717, 1.165) is 25.2 Å². The Bertz CT molecular complexity index is 792. The molecule has 2 aromatic rings. The second-order valence-corrected chi connectivity index (χ2v) is 7.56. The van der Waals surface area contributed by atoms with E-state index in [9.17, 15) is 9.59 Å². The van der Waals surface area contributed by atoms with Crippen LogP contribution in [0.15, 0.2) is 48.5 Å². The van der Waals surface area contributed by atoms with Crippen molar-refractivity contribution in [3.05, 3.63) is 65.2 Å². The summed E-state index contributed by atoms with van der Waals surface area (Å²) in [5.74, 6) is 0.187. The molecule has 0 spiro atoms. The number of anilines is 1. The molecule has 0 saturated carbocycles. The van der Waals surface area contributed by atoms with Crippen LogP contribution in [0.2, 0.25) is 0 Å². The molecular formula is C23H29N3O2. The Kier molecular flexibility index (Phi) is 6.82. The fraction of sp³-hybridized carbons (Fsp3) is 0.391. The van der Waals surface area contributed by atoms with Crippen molar-refractivity contribution in [1.29, 1.82) is 0 Å². The number of benzene rings is 2.